The number of carbonyl (C=O) groups excluding carboxylic acids is 2. The number of hydrogen-bond donors (Lipinski definition) is 0. The number of benzene rings is 2. The molecule has 2 heterocycles. The maximum absolute atomic E-state index is 13.0. The number of amides is 2. The topological polar surface area (TPSA) is 72.2 Å². The quantitative estimate of drug-likeness (QED) is 0.522. The van der Waals surface area contributed by atoms with Gasteiger partial charge in [-0.2, -0.15) is 0 Å². The summed E-state index contributed by atoms with van der Waals surface area (Å²) in [4.78, 5) is 28.1. The molecule has 3 aromatic rings. The number of methoxy groups -OCH3 is 2. The van der Waals surface area contributed by atoms with Crippen molar-refractivity contribution in [1.29, 1.82) is 0 Å². The molecule has 1 aliphatic heterocycles. The minimum Gasteiger partial charge on any atom is -0.496 e. The number of nitrogens with zero attached hydrogens (tertiary/aromatic N) is 2. The van der Waals surface area contributed by atoms with Crippen molar-refractivity contribution < 1.29 is 23.5 Å². The van der Waals surface area contributed by atoms with Crippen LogP contribution in [-0.4, -0.2) is 62.0 Å². The number of hydrogen-bond acceptors (Lipinski definition) is 5. The summed E-state index contributed by atoms with van der Waals surface area (Å²) in [6.45, 7) is 7.58. The minimum absolute atomic E-state index is 0.0401. The van der Waals surface area contributed by atoms with Crippen molar-refractivity contribution in [1.82, 2.24) is 9.80 Å². The molecule has 0 N–H and O–H groups in total. The predicted octanol–water partition coefficient (Wildman–Crippen LogP) is 4.52. The maximum Gasteiger partial charge on any atom is 0.246 e. The first-order chi connectivity index (χ1) is 16.3. The first-order valence-corrected chi connectivity index (χ1v) is 11.3. The molecule has 1 saturated heterocycles. The third-order valence-electron chi connectivity index (χ3n) is 6.45. The molecule has 1 aliphatic rings. The van der Waals surface area contributed by atoms with Gasteiger partial charge in [-0.1, -0.05) is 18.2 Å². The molecule has 0 atom stereocenters. The van der Waals surface area contributed by atoms with Gasteiger partial charge in [-0.05, 0) is 31.6 Å². The molecule has 0 aliphatic carbocycles. The molecular formula is C27H30N2O5. The summed E-state index contributed by atoms with van der Waals surface area (Å²) in [5, 5.41) is 0.924. The van der Waals surface area contributed by atoms with E-state index in [9.17, 15) is 9.59 Å². The van der Waals surface area contributed by atoms with Crippen molar-refractivity contribution in [2.45, 2.75) is 20.8 Å². The molecule has 0 unspecified atom stereocenters. The zero-order chi connectivity index (χ0) is 24.4. The molecule has 7 heteroatoms. The van der Waals surface area contributed by atoms with Gasteiger partial charge in [0.25, 0.3) is 0 Å². The van der Waals surface area contributed by atoms with Crippen LogP contribution in [0.3, 0.4) is 0 Å². The van der Waals surface area contributed by atoms with Crippen molar-refractivity contribution in [3.63, 3.8) is 0 Å². The highest BCUT2D eigenvalue weighted by Gasteiger charge is 2.23. The van der Waals surface area contributed by atoms with E-state index in [4.69, 9.17) is 13.9 Å². The number of fused-ring (bicyclic) bond motifs is 1. The number of carbonyl (C=O) groups is 2. The highest BCUT2D eigenvalue weighted by atomic mass is 16.5. The van der Waals surface area contributed by atoms with Crippen LogP contribution in [0, 0.1) is 6.92 Å². The van der Waals surface area contributed by atoms with E-state index in [0.29, 0.717) is 31.9 Å². The normalized spacial score (nSPS) is 14.4. The van der Waals surface area contributed by atoms with Crippen LogP contribution in [0.15, 0.2) is 47.1 Å². The summed E-state index contributed by atoms with van der Waals surface area (Å²) in [5.74, 6) is 1.40. The predicted molar refractivity (Wildman–Crippen MR) is 132 cm³/mol. The fraction of sp³-hybridized carbons (Fsp3) is 0.333. The molecule has 1 fully saturated rings. The fourth-order valence-corrected chi connectivity index (χ4v) is 4.54. The second-order valence-electron chi connectivity index (χ2n) is 8.47. The average molecular weight is 463 g/mol. The van der Waals surface area contributed by atoms with E-state index in [0.717, 1.165) is 44.5 Å². The smallest absolute Gasteiger partial charge is 0.246 e. The first kappa shape index (κ1) is 23.4. The van der Waals surface area contributed by atoms with E-state index in [-0.39, 0.29) is 11.8 Å². The van der Waals surface area contributed by atoms with Crippen LogP contribution in [0.2, 0.25) is 0 Å². The lowest BCUT2D eigenvalue weighted by Gasteiger charge is -2.33. The highest BCUT2D eigenvalue weighted by Crippen LogP contribution is 2.42. The molecule has 0 radical (unpaired) electrons. The SMILES string of the molecule is COc1ccccc1-c1coc2c(C)c(OC)c(/C(C)=C/C(=O)N3CCN(C(C)=O)CC3)cc12. The standard InChI is InChI=1S/C27H30N2O5/c1-17(14-25(31)29-12-10-28(11-13-29)19(3)30)21-15-22-23(20-8-6-7-9-24(20)32-4)16-34-27(22)18(2)26(21)33-5/h6-9,14-16H,10-13H2,1-5H3/b17-14+. The summed E-state index contributed by atoms with van der Waals surface area (Å²) >= 11 is 0. The molecule has 0 bridgehead atoms. The van der Waals surface area contributed by atoms with Gasteiger partial charge in [0, 0.05) is 66.8 Å². The van der Waals surface area contributed by atoms with Gasteiger partial charge in [0.2, 0.25) is 11.8 Å². The third-order valence-corrected chi connectivity index (χ3v) is 6.45. The monoisotopic (exact) mass is 462 g/mol. The van der Waals surface area contributed by atoms with Crippen molar-refractivity contribution in [3.05, 3.63) is 53.8 Å². The van der Waals surface area contributed by atoms with Crippen LogP contribution in [0.4, 0.5) is 0 Å². The van der Waals surface area contributed by atoms with Crippen LogP contribution < -0.4 is 9.47 Å². The Morgan fingerprint density at radius 1 is 0.971 bits per heavy atom. The number of furan rings is 1. The number of aryl methyl sites for hydroxylation is 1. The van der Waals surface area contributed by atoms with E-state index in [2.05, 4.69) is 0 Å². The lowest BCUT2D eigenvalue weighted by atomic mass is 9.96. The fourth-order valence-electron chi connectivity index (χ4n) is 4.54. The molecule has 7 nitrogen and oxygen atoms in total. The molecule has 4 rings (SSSR count). The number of allylic oxidation sites excluding steroid dienone is 1. The van der Waals surface area contributed by atoms with Gasteiger partial charge in [0.1, 0.15) is 17.1 Å². The lowest BCUT2D eigenvalue weighted by molar-refractivity contribution is -0.135. The summed E-state index contributed by atoms with van der Waals surface area (Å²) in [6, 6.07) is 9.82. The summed E-state index contributed by atoms with van der Waals surface area (Å²) in [5.41, 5.74) is 5.08. The number of ether oxygens (including phenoxy) is 2. The van der Waals surface area contributed by atoms with Gasteiger partial charge >= 0.3 is 0 Å². The highest BCUT2D eigenvalue weighted by molar-refractivity contribution is 6.02. The summed E-state index contributed by atoms with van der Waals surface area (Å²) in [6.07, 6.45) is 3.38. The van der Waals surface area contributed by atoms with Gasteiger partial charge in [-0.3, -0.25) is 9.59 Å². The van der Waals surface area contributed by atoms with Gasteiger partial charge in [-0.25, -0.2) is 0 Å². The minimum atomic E-state index is -0.0716. The second-order valence-corrected chi connectivity index (χ2v) is 8.47. The zero-order valence-electron chi connectivity index (χ0n) is 20.3. The number of piperazine rings is 1. The van der Waals surface area contributed by atoms with Crippen molar-refractivity contribution in [2.75, 3.05) is 40.4 Å². The van der Waals surface area contributed by atoms with Crippen molar-refractivity contribution in [2.24, 2.45) is 0 Å². The number of rotatable bonds is 5. The van der Waals surface area contributed by atoms with Crippen LogP contribution in [0.1, 0.15) is 25.0 Å². The van der Waals surface area contributed by atoms with Crippen LogP contribution in [0.25, 0.3) is 27.7 Å². The Labute approximate surface area is 199 Å². The van der Waals surface area contributed by atoms with Crippen molar-refractivity contribution >= 4 is 28.4 Å². The average Bonchev–Trinajstić information content (AvgIpc) is 3.28. The molecule has 2 amide bonds. The number of para-hydroxylation sites is 1. The molecule has 2 aromatic carbocycles. The van der Waals surface area contributed by atoms with E-state index >= 15 is 0 Å². The van der Waals surface area contributed by atoms with Gasteiger partial charge in [-0.15, -0.1) is 0 Å². The Morgan fingerprint density at radius 2 is 1.65 bits per heavy atom. The Hall–Kier alpha value is -3.74. The van der Waals surface area contributed by atoms with Gasteiger partial charge in [0.05, 0.1) is 20.5 Å². The summed E-state index contributed by atoms with van der Waals surface area (Å²) < 4.78 is 17.3. The molecule has 0 spiro atoms. The Morgan fingerprint density at radius 3 is 2.29 bits per heavy atom. The molecule has 34 heavy (non-hydrogen) atoms. The largest absolute Gasteiger partial charge is 0.496 e. The molecule has 0 saturated carbocycles. The van der Waals surface area contributed by atoms with Crippen LogP contribution >= 0.6 is 0 Å². The van der Waals surface area contributed by atoms with E-state index in [1.807, 2.05) is 44.2 Å². The second kappa shape index (κ2) is 9.63. The van der Waals surface area contributed by atoms with E-state index in [1.54, 1.807) is 43.3 Å². The van der Waals surface area contributed by atoms with Crippen LogP contribution in [0.5, 0.6) is 11.5 Å². The van der Waals surface area contributed by atoms with Gasteiger partial charge in [0.15, 0.2) is 0 Å². The third kappa shape index (κ3) is 4.25. The Balaban J connectivity index is 1.73. The van der Waals surface area contributed by atoms with Crippen molar-refractivity contribution in [3.8, 4) is 22.6 Å². The maximum atomic E-state index is 13.0. The summed E-state index contributed by atoms with van der Waals surface area (Å²) in [7, 11) is 3.27. The molecule has 1 aromatic heterocycles. The Bertz CT molecular complexity index is 1270. The van der Waals surface area contributed by atoms with E-state index < -0.39 is 0 Å². The van der Waals surface area contributed by atoms with Gasteiger partial charge < -0.3 is 23.7 Å². The van der Waals surface area contributed by atoms with E-state index in [1.165, 1.54) is 0 Å². The van der Waals surface area contributed by atoms with Crippen LogP contribution in [-0.2, 0) is 9.59 Å². The zero-order valence-corrected chi connectivity index (χ0v) is 20.3. The molecular weight excluding hydrogens is 432 g/mol. The molecule has 178 valence electrons. The first-order valence-electron chi connectivity index (χ1n) is 11.3. The Kier molecular flexibility index (Phi) is 6.63. The lowest BCUT2D eigenvalue weighted by Crippen LogP contribution is -2.49.